The number of carbonyl (C=O) groups excluding carboxylic acids is 3. The zero-order chi connectivity index (χ0) is 46.4. The Morgan fingerprint density at radius 1 is 0.828 bits per heavy atom. The summed E-state index contributed by atoms with van der Waals surface area (Å²) in [5.74, 6) is -0.275. The molecule has 0 radical (unpaired) electrons. The molecule has 5 heterocycles. The Hall–Kier alpha value is -5.05. The number of esters is 2. The third-order valence-electron chi connectivity index (χ3n) is 14.6. The molecule has 4 N–H and O–H groups in total. The summed E-state index contributed by atoms with van der Waals surface area (Å²) in [4.78, 5) is 52.4. The fourth-order valence-corrected chi connectivity index (χ4v) is 10.4. The van der Waals surface area contributed by atoms with E-state index in [4.69, 9.17) is 9.47 Å². The first-order valence-corrected chi connectivity index (χ1v) is 24.2. The first-order valence-electron chi connectivity index (χ1n) is 24.2. The minimum Gasteiger partial charge on any atom is -0.468 e. The molecule has 0 spiro atoms. The van der Waals surface area contributed by atoms with E-state index in [1.165, 1.54) is 63.2 Å². The highest BCUT2D eigenvalue weighted by atomic mass is 16.5. The van der Waals surface area contributed by atoms with Crippen molar-refractivity contribution in [3.05, 3.63) is 96.5 Å². The van der Waals surface area contributed by atoms with Crippen LogP contribution < -0.4 is 16.0 Å². The van der Waals surface area contributed by atoms with Crippen molar-refractivity contribution < 1.29 is 23.9 Å². The molecule has 6 rings (SSSR count). The predicted octanol–water partition coefficient (Wildman–Crippen LogP) is 11.1. The Labute approximate surface area is 382 Å². The lowest BCUT2D eigenvalue weighted by molar-refractivity contribution is -0.143. The van der Waals surface area contributed by atoms with Crippen LogP contribution in [0.2, 0.25) is 0 Å². The van der Waals surface area contributed by atoms with Crippen molar-refractivity contribution in [3.63, 3.8) is 0 Å². The van der Waals surface area contributed by atoms with Gasteiger partial charge in [-0.05, 0) is 118 Å². The quantitative estimate of drug-likeness (QED) is 0.0508. The number of aromatic amines is 3. The number of H-pyrrole nitrogens is 3. The summed E-state index contributed by atoms with van der Waals surface area (Å²) in [6.07, 6.45) is 23.1. The molecule has 0 amide bonds. The second-order valence-electron chi connectivity index (χ2n) is 19.7. The summed E-state index contributed by atoms with van der Waals surface area (Å²) in [7, 11) is 1.32. The van der Waals surface area contributed by atoms with Gasteiger partial charge in [-0.1, -0.05) is 105 Å². The summed E-state index contributed by atoms with van der Waals surface area (Å²) >= 11 is 0. The zero-order valence-corrected chi connectivity index (χ0v) is 40.8. The number of carbonyl (C=O) groups is 3. The summed E-state index contributed by atoms with van der Waals surface area (Å²) in [6.45, 7) is 26.4. The number of aromatic nitrogens is 3. The highest BCUT2D eigenvalue weighted by Crippen LogP contribution is 2.48. The fourth-order valence-electron chi connectivity index (χ4n) is 10.4. The van der Waals surface area contributed by atoms with Gasteiger partial charge in [0.05, 0.1) is 12.8 Å². The molecule has 1 aliphatic carbocycles. The molecule has 3 aromatic rings. The molecule has 9 nitrogen and oxygen atoms in total. The Morgan fingerprint density at radius 3 is 2.14 bits per heavy atom. The van der Waals surface area contributed by atoms with Crippen molar-refractivity contribution in [2.24, 2.45) is 35.5 Å². The number of hydrogen-bond donors (Lipinski definition) is 4. The molecule has 5 atom stereocenters. The summed E-state index contributed by atoms with van der Waals surface area (Å²) in [5.41, 5.74) is 12.5. The van der Waals surface area contributed by atoms with Crippen molar-refractivity contribution >= 4 is 47.6 Å². The number of allylic oxidation sites excluding steroid dienone is 3. The molecule has 1 fully saturated rings. The van der Waals surface area contributed by atoms with Crippen LogP contribution in [0.25, 0.3) is 29.9 Å². The van der Waals surface area contributed by atoms with E-state index in [-0.39, 0.29) is 36.6 Å². The van der Waals surface area contributed by atoms with Crippen LogP contribution in [-0.2, 0) is 25.5 Å². The van der Waals surface area contributed by atoms with Gasteiger partial charge in [0.2, 0.25) is 0 Å². The van der Waals surface area contributed by atoms with Crippen LogP contribution in [0.5, 0.6) is 0 Å². The third kappa shape index (κ3) is 10.6. The van der Waals surface area contributed by atoms with Crippen molar-refractivity contribution in [1.29, 1.82) is 0 Å². The summed E-state index contributed by atoms with van der Waals surface area (Å²) in [5, 5.41) is 5.66. The van der Waals surface area contributed by atoms with E-state index in [0.717, 1.165) is 98.4 Å². The van der Waals surface area contributed by atoms with Crippen molar-refractivity contribution in [3.8, 4) is 0 Å². The highest BCUT2D eigenvalue weighted by Gasteiger charge is 2.48. The smallest absolute Gasteiger partial charge is 0.321 e. The Kier molecular flexibility index (Phi) is 16.1. The maximum Gasteiger partial charge on any atom is 0.321 e. The standard InChI is InChI=1S/C55H76N4O5/c1-13-39-35(8)42-28-44-37(10)41(24-25-48(60)64-27-26-34(7)23-17-22-33(6)21-16-20-32(5)19-15-18-31(3)4)52(58-44)50-51(55(62)63-12)54(61)49-38(11)45(59-53(49)50)30-47-40(14-2)36(9)43(57-47)29-46(39)56-42/h13,26,28-33,37,41,51,56-59H,1,14-25,27H2,2-12H3/b34-26+,43-29-,44-28-,47-30-,52-50-/t32-,33-,37-,41+,51+/m0/s1. The average Bonchev–Trinajstić information content (AvgIpc) is 3.99. The number of hydrogen-bond acceptors (Lipinski definition) is 6. The van der Waals surface area contributed by atoms with E-state index in [1.807, 2.05) is 19.1 Å². The summed E-state index contributed by atoms with van der Waals surface area (Å²) in [6, 6.07) is 0. The first kappa shape index (κ1) is 48.4. The maximum atomic E-state index is 14.4. The van der Waals surface area contributed by atoms with Gasteiger partial charge in [0.15, 0.2) is 5.78 Å². The van der Waals surface area contributed by atoms with Crippen LogP contribution in [0.15, 0.2) is 29.6 Å². The fraction of sp³-hybridized carbons (Fsp3) is 0.545. The van der Waals surface area contributed by atoms with Crippen molar-refractivity contribution in [1.82, 2.24) is 20.3 Å². The van der Waals surface area contributed by atoms with Gasteiger partial charge in [-0.3, -0.25) is 14.4 Å². The van der Waals surface area contributed by atoms with Gasteiger partial charge < -0.3 is 29.7 Å². The largest absolute Gasteiger partial charge is 0.468 e. The summed E-state index contributed by atoms with van der Waals surface area (Å²) < 4.78 is 11.1. The minimum atomic E-state index is -1.14. The molecular formula is C55H76N4O5. The van der Waals surface area contributed by atoms with Gasteiger partial charge in [-0.25, -0.2) is 0 Å². The molecule has 1 saturated heterocycles. The van der Waals surface area contributed by atoms with E-state index in [2.05, 4.69) is 107 Å². The van der Waals surface area contributed by atoms with Gasteiger partial charge in [0.1, 0.15) is 12.5 Å². The van der Waals surface area contributed by atoms with E-state index in [1.54, 1.807) is 0 Å². The lowest BCUT2D eigenvalue weighted by Gasteiger charge is -2.19. The van der Waals surface area contributed by atoms with Crippen molar-refractivity contribution in [2.45, 2.75) is 146 Å². The third-order valence-corrected chi connectivity index (χ3v) is 14.6. The molecule has 0 aromatic carbocycles. The number of rotatable bonds is 20. The number of methoxy groups -OCH3 is 1. The van der Waals surface area contributed by atoms with E-state index in [0.29, 0.717) is 23.3 Å². The van der Waals surface area contributed by atoms with E-state index < -0.39 is 11.9 Å². The van der Waals surface area contributed by atoms with Gasteiger partial charge in [-0.15, -0.1) is 0 Å². The molecular weight excluding hydrogens is 797 g/mol. The van der Waals surface area contributed by atoms with Crippen LogP contribution in [0.1, 0.15) is 180 Å². The number of ether oxygens (including phenoxy) is 2. The Balaban J connectivity index is 1.21. The Bertz CT molecular complexity index is 2450. The monoisotopic (exact) mass is 873 g/mol. The SMILES string of the molecule is C=Cc1c2[nH]c(c1C)/C=C1\N/C(=C3\c4[nH]c(c(C)c4C(=O)[C@@H]3C(=O)OC)/C=c3\[nH]/c(c(C)c3CC)=C\2)[C@H](CCC(=O)OC/C=C(\C)CCC[C@@H](C)CCC[C@@H](C)CCCC(C)C)[C@@H]1C. The normalized spacial score (nSPS) is 22.0. The van der Waals surface area contributed by atoms with E-state index in [9.17, 15) is 14.4 Å². The molecule has 0 unspecified atom stereocenters. The minimum absolute atomic E-state index is 0.0876. The van der Waals surface area contributed by atoms with Gasteiger partial charge in [-0.2, -0.15) is 0 Å². The van der Waals surface area contributed by atoms with Crippen LogP contribution >= 0.6 is 0 Å². The molecule has 0 saturated carbocycles. The van der Waals surface area contributed by atoms with Crippen LogP contribution in [0.3, 0.4) is 0 Å². The lowest BCUT2D eigenvalue weighted by Crippen LogP contribution is -2.25. The number of fused-ring (bicyclic) bond motifs is 7. The van der Waals surface area contributed by atoms with Crippen LogP contribution in [0.4, 0.5) is 0 Å². The topological polar surface area (TPSA) is 129 Å². The van der Waals surface area contributed by atoms with Crippen molar-refractivity contribution in [2.75, 3.05) is 13.7 Å². The first-order chi connectivity index (χ1) is 30.6. The highest BCUT2D eigenvalue weighted by molar-refractivity contribution is 6.24. The number of ketones is 1. The zero-order valence-electron chi connectivity index (χ0n) is 40.8. The molecule has 9 heteroatoms. The molecule has 2 aliphatic heterocycles. The van der Waals surface area contributed by atoms with Crippen LogP contribution in [-0.4, -0.2) is 46.4 Å². The van der Waals surface area contributed by atoms with E-state index >= 15 is 0 Å². The second kappa shape index (κ2) is 21.3. The van der Waals surface area contributed by atoms with Crippen LogP contribution in [0, 0.1) is 56.3 Å². The number of Topliss-reactive ketones (excluding diaryl/α,β-unsaturated/α-hetero) is 1. The van der Waals surface area contributed by atoms with Gasteiger partial charge in [0.25, 0.3) is 0 Å². The molecule has 3 aliphatic rings. The van der Waals surface area contributed by atoms with Gasteiger partial charge in [0, 0.05) is 74.1 Å². The molecule has 346 valence electrons. The van der Waals surface area contributed by atoms with Gasteiger partial charge >= 0.3 is 11.9 Å². The predicted molar refractivity (Wildman–Crippen MR) is 262 cm³/mol. The average molecular weight is 873 g/mol. The second-order valence-corrected chi connectivity index (χ2v) is 19.7. The molecule has 8 bridgehead atoms. The molecule has 64 heavy (non-hydrogen) atoms. The molecule has 3 aromatic heterocycles. The number of nitrogens with one attached hydrogen (secondary N) is 4. The Morgan fingerprint density at radius 2 is 1.48 bits per heavy atom. The maximum absolute atomic E-state index is 14.4. The lowest BCUT2D eigenvalue weighted by atomic mass is 9.85.